The van der Waals surface area contributed by atoms with Gasteiger partial charge in [0.15, 0.2) is 5.58 Å². The fourth-order valence-corrected chi connectivity index (χ4v) is 3.45. The van der Waals surface area contributed by atoms with Crippen LogP contribution in [0, 0.1) is 6.92 Å². The largest absolute Gasteiger partial charge is 0.497 e. The Labute approximate surface area is 154 Å². The van der Waals surface area contributed by atoms with Gasteiger partial charge in [-0.05, 0) is 70.8 Å². The van der Waals surface area contributed by atoms with E-state index < -0.39 is 0 Å². The number of aryl methyl sites for hydroxylation is 1. The number of benzene rings is 2. The summed E-state index contributed by atoms with van der Waals surface area (Å²) in [6.45, 7) is 1.97. The first-order valence-electron chi connectivity index (χ1n) is 8.03. The van der Waals surface area contributed by atoms with Crippen molar-refractivity contribution in [2.45, 2.75) is 6.92 Å². The molecule has 2 aromatic carbocycles. The standard InChI is InChI=1S/C20H16N2O3S/c1-12-8-15(14-6-7-26-11-14)10-17-18(12)25-20(21-17)22-19(23)13-4-3-5-16(9-13)24-2/h3-11H,1-2H3,(H,21,22,23). The van der Waals surface area contributed by atoms with Crippen LogP contribution in [0.15, 0.2) is 57.6 Å². The molecule has 0 spiro atoms. The molecular weight excluding hydrogens is 348 g/mol. The summed E-state index contributed by atoms with van der Waals surface area (Å²) in [7, 11) is 1.56. The lowest BCUT2D eigenvalue weighted by Gasteiger charge is -2.03. The number of hydrogen-bond acceptors (Lipinski definition) is 5. The number of ether oxygens (including phenoxy) is 1. The van der Waals surface area contributed by atoms with Gasteiger partial charge >= 0.3 is 6.01 Å². The Morgan fingerprint density at radius 1 is 1.19 bits per heavy atom. The Bertz CT molecular complexity index is 1080. The molecule has 0 fully saturated rings. The van der Waals surface area contributed by atoms with Gasteiger partial charge in [0, 0.05) is 5.56 Å². The fraction of sp³-hybridized carbons (Fsp3) is 0.100. The van der Waals surface area contributed by atoms with E-state index in [9.17, 15) is 4.79 Å². The Morgan fingerprint density at radius 3 is 2.85 bits per heavy atom. The number of fused-ring (bicyclic) bond motifs is 1. The molecule has 0 aliphatic rings. The van der Waals surface area contributed by atoms with Crippen LogP contribution in [0.1, 0.15) is 15.9 Å². The highest BCUT2D eigenvalue weighted by atomic mass is 32.1. The predicted molar refractivity (Wildman–Crippen MR) is 103 cm³/mol. The Kier molecular flexibility index (Phi) is 4.18. The van der Waals surface area contributed by atoms with Crippen LogP contribution in [-0.4, -0.2) is 18.0 Å². The minimum Gasteiger partial charge on any atom is -0.497 e. The maximum absolute atomic E-state index is 12.4. The third kappa shape index (κ3) is 3.07. The lowest BCUT2D eigenvalue weighted by Crippen LogP contribution is -2.12. The highest BCUT2D eigenvalue weighted by molar-refractivity contribution is 7.08. The van der Waals surface area contributed by atoms with Crippen molar-refractivity contribution in [3.8, 4) is 16.9 Å². The monoisotopic (exact) mass is 364 g/mol. The van der Waals surface area contributed by atoms with Crippen LogP contribution in [0.4, 0.5) is 6.01 Å². The van der Waals surface area contributed by atoms with Gasteiger partial charge in [-0.15, -0.1) is 0 Å². The van der Waals surface area contributed by atoms with Gasteiger partial charge in [0.05, 0.1) is 7.11 Å². The summed E-state index contributed by atoms with van der Waals surface area (Å²) in [5, 5.41) is 6.84. The molecule has 6 heteroatoms. The summed E-state index contributed by atoms with van der Waals surface area (Å²) in [6, 6.07) is 13.2. The number of nitrogens with zero attached hydrogens (tertiary/aromatic N) is 1. The summed E-state index contributed by atoms with van der Waals surface area (Å²) < 4.78 is 10.9. The number of rotatable bonds is 4. The van der Waals surface area contributed by atoms with E-state index in [-0.39, 0.29) is 11.9 Å². The summed E-state index contributed by atoms with van der Waals surface area (Å²) in [5.41, 5.74) is 5.05. The van der Waals surface area contributed by atoms with Crippen molar-refractivity contribution < 1.29 is 13.9 Å². The number of anilines is 1. The molecule has 4 rings (SSSR count). The van der Waals surface area contributed by atoms with Crippen molar-refractivity contribution in [3.63, 3.8) is 0 Å². The number of nitrogens with one attached hydrogen (secondary N) is 1. The normalized spacial score (nSPS) is 10.8. The molecule has 4 aromatic rings. The number of thiophene rings is 1. The first-order valence-corrected chi connectivity index (χ1v) is 8.97. The van der Waals surface area contributed by atoms with Gasteiger partial charge in [0.25, 0.3) is 5.91 Å². The Hall–Kier alpha value is -3.12. The molecule has 0 saturated heterocycles. The Morgan fingerprint density at radius 2 is 2.08 bits per heavy atom. The minimum atomic E-state index is -0.300. The molecular formula is C20H16N2O3S. The van der Waals surface area contributed by atoms with Crippen molar-refractivity contribution >= 4 is 34.4 Å². The molecule has 0 aliphatic heterocycles. The van der Waals surface area contributed by atoms with Crippen molar-refractivity contribution in [1.29, 1.82) is 0 Å². The van der Waals surface area contributed by atoms with E-state index in [2.05, 4.69) is 27.8 Å². The lowest BCUT2D eigenvalue weighted by molar-refractivity contribution is 0.102. The van der Waals surface area contributed by atoms with E-state index in [0.29, 0.717) is 22.4 Å². The van der Waals surface area contributed by atoms with Gasteiger partial charge in [-0.3, -0.25) is 10.1 Å². The van der Waals surface area contributed by atoms with Crippen molar-refractivity contribution in [2.75, 3.05) is 12.4 Å². The van der Waals surface area contributed by atoms with Crippen LogP contribution < -0.4 is 10.1 Å². The number of methoxy groups -OCH3 is 1. The van der Waals surface area contributed by atoms with Crippen LogP contribution in [0.3, 0.4) is 0 Å². The molecule has 26 heavy (non-hydrogen) atoms. The van der Waals surface area contributed by atoms with E-state index in [4.69, 9.17) is 9.15 Å². The summed E-state index contributed by atoms with van der Waals surface area (Å²) in [6.07, 6.45) is 0. The maximum atomic E-state index is 12.4. The third-order valence-electron chi connectivity index (χ3n) is 4.08. The van der Waals surface area contributed by atoms with Gasteiger partial charge in [-0.1, -0.05) is 6.07 Å². The minimum absolute atomic E-state index is 0.179. The van der Waals surface area contributed by atoms with Gasteiger partial charge < -0.3 is 9.15 Å². The molecule has 0 unspecified atom stereocenters. The van der Waals surface area contributed by atoms with Crippen molar-refractivity contribution in [1.82, 2.24) is 4.98 Å². The Balaban J connectivity index is 1.65. The fourth-order valence-electron chi connectivity index (χ4n) is 2.78. The highest BCUT2D eigenvalue weighted by Crippen LogP contribution is 2.30. The molecule has 1 amide bonds. The second-order valence-electron chi connectivity index (χ2n) is 5.86. The predicted octanol–water partition coefficient (Wildman–Crippen LogP) is 5.13. The quantitative estimate of drug-likeness (QED) is 0.545. The van der Waals surface area contributed by atoms with Crippen LogP contribution >= 0.6 is 11.3 Å². The van der Waals surface area contributed by atoms with E-state index in [1.807, 2.05) is 18.4 Å². The van der Waals surface area contributed by atoms with Crippen LogP contribution in [0.5, 0.6) is 5.75 Å². The highest BCUT2D eigenvalue weighted by Gasteiger charge is 2.14. The van der Waals surface area contributed by atoms with E-state index >= 15 is 0 Å². The molecule has 0 radical (unpaired) electrons. The molecule has 0 saturated carbocycles. The lowest BCUT2D eigenvalue weighted by atomic mass is 10.1. The van der Waals surface area contributed by atoms with Gasteiger partial charge in [-0.25, -0.2) is 0 Å². The average molecular weight is 364 g/mol. The van der Waals surface area contributed by atoms with E-state index in [1.54, 1.807) is 42.7 Å². The zero-order valence-electron chi connectivity index (χ0n) is 14.3. The molecule has 0 bridgehead atoms. The van der Waals surface area contributed by atoms with Crippen molar-refractivity contribution in [3.05, 3.63) is 64.4 Å². The van der Waals surface area contributed by atoms with E-state index in [1.165, 1.54) is 0 Å². The maximum Gasteiger partial charge on any atom is 0.302 e. The molecule has 5 nitrogen and oxygen atoms in total. The molecule has 0 aliphatic carbocycles. The first kappa shape index (κ1) is 16.4. The summed E-state index contributed by atoms with van der Waals surface area (Å²) in [5.74, 6) is 0.317. The number of amides is 1. The first-order chi connectivity index (χ1) is 12.6. The number of carbonyl (C=O) groups excluding carboxylic acids is 1. The zero-order chi connectivity index (χ0) is 18.1. The SMILES string of the molecule is COc1cccc(C(=O)Nc2nc3cc(-c4ccsc4)cc(C)c3o2)c1. The van der Waals surface area contributed by atoms with Crippen LogP contribution in [-0.2, 0) is 0 Å². The van der Waals surface area contributed by atoms with Crippen LogP contribution in [0.25, 0.3) is 22.2 Å². The van der Waals surface area contributed by atoms with Gasteiger partial charge in [0.2, 0.25) is 0 Å². The number of oxazole rings is 1. The van der Waals surface area contributed by atoms with Gasteiger partial charge in [-0.2, -0.15) is 16.3 Å². The molecule has 0 atom stereocenters. The summed E-state index contributed by atoms with van der Waals surface area (Å²) >= 11 is 1.65. The molecule has 2 aromatic heterocycles. The van der Waals surface area contributed by atoms with Crippen LogP contribution in [0.2, 0.25) is 0 Å². The second-order valence-corrected chi connectivity index (χ2v) is 6.64. The van der Waals surface area contributed by atoms with Crippen molar-refractivity contribution in [2.24, 2.45) is 0 Å². The molecule has 1 N–H and O–H groups in total. The number of carbonyl (C=O) groups is 1. The number of aromatic nitrogens is 1. The molecule has 130 valence electrons. The van der Waals surface area contributed by atoms with Gasteiger partial charge in [0.1, 0.15) is 11.3 Å². The topological polar surface area (TPSA) is 64.4 Å². The number of hydrogen-bond donors (Lipinski definition) is 1. The second kappa shape index (κ2) is 6.65. The molecule has 2 heterocycles. The van der Waals surface area contributed by atoms with E-state index in [0.717, 1.165) is 16.7 Å². The zero-order valence-corrected chi connectivity index (χ0v) is 15.1. The smallest absolute Gasteiger partial charge is 0.302 e. The third-order valence-corrected chi connectivity index (χ3v) is 4.77. The average Bonchev–Trinajstić information content (AvgIpc) is 3.31. The summed E-state index contributed by atoms with van der Waals surface area (Å²) in [4.78, 5) is 16.9.